The topological polar surface area (TPSA) is 111 Å². The number of H-pyrrole nitrogens is 1. The number of aliphatic hydroxyl groups excluding tert-OH is 1. The standard InChI is InChI=1S/C38H44N2O7/c1-3-46-38-31(14-17-44-19-20-45-18-16-41)34(30-10-6-9-29-28-8-5-4-7-25(28)21-33(29)30)23-36(47-38)37(42)39-15-13-26-24-40-35-12-11-27(43-2)22-32(26)35/h4-12,22-24,31,34,38,40-41H,3,13-21H2,1-2H3,(H,39,42)/t31-,34+,38+/m0/s1. The highest BCUT2D eigenvalue weighted by atomic mass is 16.7. The third-order valence-corrected chi connectivity index (χ3v) is 9.04. The van der Waals surface area contributed by atoms with Crippen LogP contribution in [0.3, 0.4) is 0 Å². The molecule has 0 fully saturated rings. The first-order chi connectivity index (χ1) is 23.1. The summed E-state index contributed by atoms with van der Waals surface area (Å²) in [7, 11) is 1.66. The highest BCUT2D eigenvalue weighted by molar-refractivity contribution is 5.92. The fourth-order valence-electron chi connectivity index (χ4n) is 6.78. The van der Waals surface area contributed by atoms with Gasteiger partial charge >= 0.3 is 0 Å². The number of benzene rings is 3. The Kier molecular flexibility index (Phi) is 10.9. The number of hydrogen-bond donors (Lipinski definition) is 3. The Bertz CT molecular complexity index is 1700. The van der Waals surface area contributed by atoms with Crippen LogP contribution in [0, 0.1) is 5.92 Å². The van der Waals surface area contributed by atoms with E-state index in [1.54, 1.807) is 7.11 Å². The van der Waals surface area contributed by atoms with Gasteiger partial charge in [0.2, 0.25) is 6.29 Å². The quantitative estimate of drug-likeness (QED) is 0.122. The molecular formula is C38H44N2O7. The normalized spacial score (nSPS) is 18.4. The molecule has 3 atom stereocenters. The molecular weight excluding hydrogens is 596 g/mol. The van der Waals surface area contributed by atoms with Crippen LogP contribution in [0.15, 0.2) is 78.7 Å². The van der Waals surface area contributed by atoms with Crippen LogP contribution in [0.25, 0.3) is 22.0 Å². The Morgan fingerprint density at radius 3 is 2.68 bits per heavy atom. The van der Waals surface area contributed by atoms with Gasteiger partial charge in [-0.2, -0.15) is 0 Å². The van der Waals surface area contributed by atoms with Gasteiger partial charge in [0.1, 0.15) is 5.75 Å². The molecule has 9 heteroatoms. The van der Waals surface area contributed by atoms with Gasteiger partial charge in [-0.15, -0.1) is 0 Å². The molecule has 0 bridgehead atoms. The molecule has 1 aliphatic carbocycles. The molecule has 0 saturated heterocycles. The highest BCUT2D eigenvalue weighted by Crippen LogP contribution is 2.45. The van der Waals surface area contributed by atoms with Crippen molar-refractivity contribution < 1.29 is 33.6 Å². The minimum Gasteiger partial charge on any atom is -0.497 e. The zero-order chi connectivity index (χ0) is 32.6. The molecule has 2 heterocycles. The summed E-state index contributed by atoms with van der Waals surface area (Å²) in [6.07, 6.45) is 5.50. The smallest absolute Gasteiger partial charge is 0.286 e. The Balaban J connectivity index is 1.23. The van der Waals surface area contributed by atoms with Gasteiger partial charge < -0.3 is 39.1 Å². The number of ether oxygens (including phenoxy) is 5. The van der Waals surface area contributed by atoms with Crippen LogP contribution in [0.2, 0.25) is 0 Å². The van der Waals surface area contributed by atoms with E-state index >= 15 is 0 Å². The van der Waals surface area contributed by atoms with E-state index in [9.17, 15) is 4.79 Å². The summed E-state index contributed by atoms with van der Waals surface area (Å²) in [4.78, 5) is 17.0. The third kappa shape index (κ3) is 7.39. The number of carbonyl (C=O) groups excluding carboxylic acids is 1. The van der Waals surface area contributed by atoms with Crippen LogP contribution in [0.4, 0.5) is 0 Å². The van der Waals surface area contributed by atoms with Crippen LogP contribution in [-0.4, -0.2) is 75.6 Å². The van der Waals surface area contributed by atoms with Gasteiger partial charge in [0.05, 0.1) is 33.5 Å². The number of aliphatic hydroxyl groups is 1. The number of fused-ring (bicyclic) bond motifs is 4. The first-order valence-electron chi connectivity index (χ1n) is 16.5. The second-order valence-corrected chi connectivity index (χ2v) is 11.8. The van der Waals surface area contributed by atoms with E-state index in [4.69, 9.17) is 28.8 Å². The van der Waals surface area contributed by atoms with Crippen molar-refractivity contribution in [1.29, 1.82) is 0 Å². The number of methoxy groups -OCH3 is 1. The fourth-order valence-corrected chi connectivity index (χ4v) is 6.78. The van der Waals surface area contributed by atoms with Crippen molar-refractivity contribution in [2.75, 3.05) is 53.3 Å². The molecule has 3 N–H and O–H groups in total. The number of rotatable bonds is 16. The van der Waals surface area contributed by atoms with Crippen molar-refractivity contribution in [1.82, 2.24) is 10.3 Å². The number of allylic oxidation sites excluding steroid dienone is 1. The number of nitrogens with one attached hydrogen (secondary N) is 2. The molecule has 2 aliphatic rings. The molecule has 1 aliphatic heterocycles. The zero-order valence-electron chi connectivity index (χ0n) is 27.1. The SMILES string of the molecule is CCO[C@@H]1OC(C(=O)NCCc2c[nH]c3ccc(OC)cc23)=C[C@H](c2cccc3c2Cc2ccccc2-3)[C@@H]1CCOCCOCCO. The lowest BCUT2D eigenvalue weighted by molar-refractivity contribution is -0.168. The predicted octanol–water partition coefficient (Wildman–Crippen LogP) is 5.50. The molecule has 0 saturated carbocycles. The predicted molar refractivity (Wildman–Crippen MR) is 180 cm³/mol. The maximum atomic E-state index is 13.7. The number of aromatic nitrogens is 1. The van der Waals surface area contributed by atoms with Crippen molar-refractivity contribution in [3.63, 3.8) is 0 Å². The van der Waals surface area contributed by atoms with Gasteiger partial charge in [-0.1, -0.05) is 42.5 Å². The Morgan fingerprint density at radius 2 is 1.85 bits per heavy atom. The van der Waals surface area contributed by atoms with Crippen molar-refractivity contribution in [2.24, 2.45) is 5.92 Å². The maximum Gasteiger partial charge on any atom is 0.286 e. The number of aromatic amines is 1. The molecule has 0 radical (unpaired) electrons. The average molecular weight is 641 g/mol. The summed E-state index contributed by atoms with van der Waals surface area (Å²) in [6.45, 7) is 4.44. The first-order valence-corrected chi connectivity index (χ1v) is 16.5. The van der Waals surface area contributed by atoms with E-state index < -0.39 is 6.29 Å². The molecule has 248 valence electrons. The average Bonchev–Trinajstić information content (AvgIpc) is 3.69. The molecule has 0 spiro atoms. The number of hydrogen-bond acceptors (Lipinski definition) is 7. The summed E-state index contributed by atoms with van der Waals surface area (Å²) < 4.78 is 29.2. The van der Waals surface area contributed by atoms with Gasteiger partial charge in [0.25, 0.3) is 5.91 Å². The third-order valence-electron chi connectivity index (χ3n) is 9.04. The van der Waals surface area contributed by atoms with Crippen LogP contribution in [0.5, 0.6) is 5.75 Å². The summed E-state index contributed by atoms with van der Waals surface area (Å²) in [5.74, 6) is 0.601. The van der Waals surface area contributed by atoms with Crippen molar-refractivity contribution in [2.45, 2.75) is 38.4 Å². The molecule has 1 aromatic heterocycles. The first kappa shape index (κ1) is 32.8. The molecule has 6 rings (SSSR count). The molecule has 4 aromatic rings. The van der Waals surface area contributed by atoms with E-state index in [2.05, 4.69) is 52.8 Å². The van der Waals surface area contributed by atoms with Crippen LogP contribution in [-0.2, 0) is 36.6 Å². The monoisotopic (exact) mass is 640 g/mol. The Labute approximate surface area is 275 Å². The lowest BCUT2D eigenvalue weighted by atomic mass is 9.78. The van der Waals surface area contributed by atoms with Crippen molar-refractivity contribution >= 4 is 16.8 Å². The minimum absolute atomic E-state index is 0.0110. The second-order valence-electron chi connectivity index (χ2n) is 11.8. The number of amides is 1. The Morgan fingerprint density at radius 1 is 1.02 bits per heavy atom. The molecule has 3 aromatic carbocycles. The van der Waals surface area contributed by atoms with Gasteiger partial charge in [-0.25, -0.2) is 0 Å². The van der Waals surface area contributed by atoms with Gasteiger partial charge in [-0.3, -0.25) is 4.79 Å². The van der Waals surface area contributed by atoms with E-state index in [1.807, 2.05) is 37.4 Å². The van der Waals surface area contributed by atoms with Gasteiger partial charge in [0.15, 0.2) is 5.76 Å². The second kappa shape index (κ2) is 15.6. The van der Waals surface area contributed by atoms with E-state index in [-0.39, 0.29) is 30.1 Å². The molecule has 1 amide bonds. The molecule has 0 unspecified atom stereocenters. The van der Waals surface area contributed by atoms with Gasteiger partial charge in [0, 0.05) is 48.7 Å². The van der Waals surface area contributed by atoms with E-state index in [0.717, 1.165) is 28.6 Å². The summed E-state index contributed by atoms with van der Waals surface area (Å²) in [5, 5.41) is 13.1. The summed E-state index contributed by atoms with van der Waals surface area (Å²) in [5.41, 5.74) is 8.40. The lowest BCUT2D eigenvalue weighted by Gasteiger charge is -2.37. The van der Waals surface area contributed by atoms with E-state index in [1.165, 1.54) is 27.8 Å². The minimum atomic E-state index is -0.620. The van der Waals surface area contributed by atoms with Crippen molar-refractivity contribution in [3.05, 3.63) is 101 Å². The van der Waals surface area contributed by atoms with Gasteiger partial charge in [-0.05, 0) is 83.8 Å². The fraction of sp³-hybridized carbons (Fsp3) is 0.395. The lowest BCUT2D eigenvalue weighted by Crippen LogP contribution is -2.40. The van der Waals surface area contributed by atoms with Crippen LogP contribution < -0.4 is 10.1 Å². The zero-order valence-corrected chi connectivity index (χ0v) is 27.1. The van der Waals surface area contributed by atoms with Crippen LogP contribution >= 0.6 is 0 Å². The van der Waals surface area contributed by atoms with Crippen molar-refractivity contribution in [3.8, 4) is 16.9 Å². The molecule has 47 heavy (non-hydrogen) atoms. The molecule has 9 nitrogen and oxygen atoms in total. The maximum absolute atomic E-state index is 13.7. The van der Waals surface area contributed by atoms with E-state index in [0.29, 0.717) is 52.4 Å². The number of carbonyl (C=O) groups is 1. The Hall–Kier alpha value is -4.15. The summed E-state index contributed by atoms with van der Waals surface area (Å²) >= 11 is 0. The van der Waals surface area contributed by atoms with Crippen LogP contribution in [0.1, 0.15) is 41.5 Å². The summed E-state index contributed by atoms with van der Waals surface area (Å²) in [6, 6.07) is 20.9. The largest absolute Gasteiger partial charge is 0.497 e. The highest BCUT2D eigenvalue weighted by Gasteiger charge is 2.39.